The molecular weight excluding hydrogens is 290 g/mol. The number of nitrogens with zero attached hydrogens (tertiary/aromatic N) is 1. The van der Waals surface area contributed by atoms with E-state index in [0.717, 1.165) is 51.1 Å². The number of anilines is 1. The number of carbonyl (C=O) groups excluding carboxylic acids is 1. The van der Waals surface area contributed by atoms with Gasteiger partial charge in [-0.15, -0.1) is 0 Å². The maximum absolute atomic E-state index is 12.0. The van der Waals surface area contributed by atoms with Crippen LogP contribution in [-0.4, -0.2) is 55.7 Å². The number of carbonyl (C=O) groups is 1. The lowest BCUT2D eigenvalue weighted by Gasteiger charge is -2.32. The van der Waals surface area contributed by atoms with Gasteiger partial charge in [0.05, 0.1) is 0 Å². The maximum atomic E-state index is 12.0. The topological polar surface area (TPSA) is 53.6 Å². The van der Waals surface area contributed by atoms with Crippen LogP contribution < -0.4 is 10.6 Å². The Morgan fingerprint density at radius 2 is 2.09 bits per heavy atom. The Bertz CT molecular complexity index is 506. The van der Waals surface area contributed by atoms with Crippen molar-refractivity contribution in [3.63, 3.8) is 0 Å². The lowest BCUT2D eigenvalue weighted by atomic mass is 10.0. The molecule has 2 heterocycles. The second kappa shape index (κ2) is 7.90. The Morgan fingerprint density at radius 1 is 1.35 bits per heavy atom. The molecule has 1 aromatic carbocycles. The van der Waals surface area contributed by atoms with Crippen LogP contribution >= 0.6 is 0 Å². The van der Waals surface area contributed by atoms with Gasteiger partial charge in [0.25, 0.3) is 5.91 Å². The number of benzene rings is 1. The van der Waals surface area contributed by atoms with Crippen LogP contribution in [0.5, 0.6) is 0 Å². The fourth-order valence-corrected chi connectivity index (χ4v) is 3.32. The second-order valence-corrected chi connectivity index (χ2v) is 6.53. The average molecular weight is 317 g/mol. The van der Waals surface area contributed by atoms with E-state index in [-0.39, 0.29) is 12.0 Å². The normalized spacial score (nSPS) is 23.6. The number of ether oxygens (including phenoxy) is 1. The molecule has 2 aliphatic heterocycles. The van der Waals surface area contributed by atoms with Crippen molar-refractivity contribution < 1.29 is 9.53 Å². The monoisotopic (exact) mass is 317 g/mol. The van der Waals surface area contributed by atoms with Crippen molar-refractivity contribution >= 4 is 11.6 Å². The number of piperazine rings is 1. The highest BCUT2D eigenvalue weighted by atomic mass is 16.5. The molecule has 126 valence electrons. The van der Waals surface area contributed by atoms with Gasteiger partial charge in [-0.2, -0.15) is 0 Å². The summed E-state index contributed by atoms with van der Waals surface area (Å²) < 4.78 is 5.41. The van der Waals surface area contributed by atoms with Crippen molar-refractivity contribution in [3.05, 3.63) is 29.8 Å². The van der Waals surface area contributed by atoms with E-state index in [2.05, 4.69) is 34.6 Å². The Hall–Kier alpha value is -1.43. The minimum atomic E-state index is -0.276. The molecule has 1 amide bonds. The molecule has 2 unspecified atom stereocenters. The Labute approximate surface area is 138 Å². The van der Waals surface area contributed by atoms with E-state index in [1.165, 1.54) is 5.56 Å². The van der Waals surface area contributed by atoms with Crippen molar-refractivity contribution in [1.29, 1.82) is 0 Å². The summed E-state index contributed by atoms with van der Waals surface area (Å²) >= 11 is 0. The van der Waals surface area contributed by atoms with Gasteiger partial charge in [-0.25, -0.2) is 0 Å². The van der Waals surface area contributed by atoms with Gasteiger partial charge in [0, 0.05) is 44.5 Å². The van der Waals surface area contributed by atoms with Gasteiger partial charge in [0.1, 0.15) is 6.10 Å². The van der Waals surface area contributed by atoms with Gasteiger partial charge in [0.15, 0.2) is 0 Å². The van der Waals surface area contributed by atoms with E-state index in [1.54, 1.807) is 0 Å². The zero-order valence-corrected chi connectivity index (χ0v) is 13.9. The first-order chi connectivity index (χ1) is 11.2. The number of rotatable bonds is 5. The zero-order valence-electron chi connectivity index (χ0n) is 13.9. The average Bonchev–Trinajstić information content (AvgIpc) is 3.12. The van der Waals surface area contributed by atoms with E-state index in [4.69, 9.17) is 4.74 Å². The van der Waals surface area contributed by atoms with E-state index < -0.39 is 0 Å². The van der Waals surface area contributed by atoms with Crippen molar-refractivity contribution in [2.45, 2.75) is 38.3 Å². The molecule has 2 saturated heterocycles. The number of hydrogen-bond donors (Lipinski definition) is 2. The van der Waals surface area contributed by atoms with Crippen LogP contribution in [0.25, 0.3) is 0 Å². The standard InChI is InChI=1S/C18H27N3O2/c1-14(21-10-8-19-9-11-21)13-15-4-6-16(7-5-15)20-18(22)17-3-2-12-23-17/h4-7,14,17,19H,2-3,8-13H2,1H3,(H,20,22). The summed E-state index contributed by atoms with van der Waals surface area (Å²) in [5, 5.41) is 6.34. The first kappa shape index (κ1) is 16.4. The summed E-state index contributed by atoms with van der Waals surface area (Å²) in [5.74, 6) is -0.0237. The predicted octanol–water partition coefficient (Wildman–Crippen LogP) is 1.64. The van der Waals surface area contributed by atoms with Gasteiger partial charge >= 0.3 is 0 Å². The van der Waals surface area contributed by atoms with E-state index >= 15 is 0 Å². The summed E-state index contributed by atoms with van der Waals surface area (Å²) in [6.45, 7) is 7.39. The lowest BCUT2D eigenvalue weighted by molar-refractivity contribution is -0.124. The van der Waals surface area contributed by atoms with Gasteiger partial charge in [-0.05, 0) is 43.9 Å². The van der Waals surface area contributed by atoms with E-state index in [1.807, 2.05) is 12.1 Å². The maximum Gasteiger partial charge on any atom is 0.253 e. The Kier molecular flexibility index (Phi) is 5.65. The van der Waals surface area contributed by atoms with Crippen LogP contribution in [0.15, 0.2) is 24.3 Å². The van der Waals surface area contributed by atoms with Crippen molar-refractivity contribution in [1.82, 2.24) is 10.2 Å². The van der Waals surface area contributed by atoms with Crippen LogP contribution in [0, 0.1) is 0 Å². The fourth-order valence-electron chi connectivity index (χ4n) is 3.32. The molecule has 5 nitrogen and oxygen atoms in total. The summed E-state index contributed by atoms with van der Waals surface area (Å²) in [6.07, 6.45) is 2.56. The SMILES string of the molecule is CC(Cc1ccc(NC(=O)C2CCCO2)cc1)N1CCNCC1. The smallest absolute Gasteiger partial charge is 0.253 e. The molecule has 0 aromatic heterocycles. The molecule has 0 aliphatic carbocycles. The molecule has 0 radical (unpaired) electrons. The van der Waals surface area contributed by atoms with Gasteiger partial charge in [-0.3, -0.25) is 9.69 Å². The molecular formula is C18H27N3O2. The summed E-state index contributed by atoms with van der Waals surface area (Å²) in [6, 6.07) is 8.76. The molecule has 1 aromatic rings. The highest BCUT2D eigenvalue weighted by Crippen LogP contribution is 2.17. The van der Waals surface area contributed by atoms with Gasteiger partial charge in [0.2, 0.25) is 0 Å². The minimum Gasteiger partial charge on any atom is -0.368 e. The molecule has 0 bridgehead atoms. The molecule has 2 aliphatic rings. The molecule has 2 fully saturated rings. The highest BCUT2D eigenvalue weighted by Gasteiger charge is 2.23. The third-order valence-corrected chi connectivity index (χ3v) is 4.75. The number of hydrogen-bond acceptors (Lipinski definition) is 4. The molecule has 2 N–H and O–H groups in total. The first-order valence-corrected chi connectivity index (χ1v) is 8.68. The van der Waals surface area contributed by atoms with Crippen LogP contribution in [0.4, 0.5) is 5.69 Å². The zero-order chi connectivity index (χ0) is 16.1. The lowest BCUT2D eigenvalue weighted by Crippen LogP contribution is -2.48. The van der Waals surface area contributed by atoms with Crippen LogP contribution in [0.3, 0.4) is 0 Å². The first-order valence-electron chi connectivity index (χ1n) is 8.68. The second-order valence-electron chi connectivity index (χ2n) is 6.53. The molecule has 0 saturated carbocycles. The Balaban J connectivity index is 1.51. The van der Waals surface area contributed by atoms with Crippen LogP contribution in [0.1, 0.15) is 25.3 Å². The molecule has 5 heteroatoms. The third kappa shape index (κ3) is 4.53. The van der Waals surface area contributed by atoms with Gasteiger partial charge in [-0.1, -0.05) is 12.1 Å². The molecule has 2 atom stereocenters. The minimum absolute atomic E-state index is 0.0237. The van der Waals surface area contributed by atoms with Crippen LogP contribution in [0.2, 0.25) is 0 Å². The van der Waals surface area contributed by atoms with E-state index in [9.17, 15) is 4.79 Å². The predicted molar refractivity (Wildman–Crippen MR) is 91.7 cm³/mol. The third-order valence-electron chi connectivity index (χ3n) is 4.75. The molecule has 0 spiro atoms. The van der Waals surface area contributed by atoms with Gasteiger partial charge < -0.3 is 15.4 Å². The summed E-state index contributed by atoms with van der Waals surface area (Å²) in [5.41, 5.74) is 2.16. The summed E-state index contributed by atoms with van der Waals surface area (Å²) in [4.78, 5) is 14.6. The van der Waals surface area contributed by atoms with Crippen LogP contribution in [-0.2, 0) is 16.0 Å². The highest BCUT2D eigenvalue weighted by molar-refractivity contribution is 5.94. The molecule has 23 heavy (non-hydrogen) atoms. The van der Waals surface area contributed by atoms with Crippen molar-refractivity contribution in [2.24, 2.45) is 0 Å². The number of amides is 1. The van der Waals surface area contributed by atoms with E-state index in [0.29, 0.717) is 12.6 Å². The quantitative estimate of drug-likeness (QED) is 0.867. The largest absolute Gasteiger partial charge is 0.368 e. The van der Waals surface area contributed by atoms with Crippen molar-refractivity contribution in [2.75, 3.05) is 38.1 Å². The fraction of sp³-hybridized carbons (Fsp3) is 0.611. The number of nitrogens with one attached hydrogen (secondary N) is 2. The Morgan fingerprint density at radius 3 is 2.74 bits per heavy atom. The molecule has 3 rings (SSSR count). The summed E-state index contributed by atoms with van der Waals surface area (Å²) in [7, 11) is 0. The van der Waals surface area contributed by atoms with Crippen molar-refractivity contribution in [3.8, 4) is 0 Å².